The van der Waals surface area contributed by atoms with Crippen LogP contribution < -0.4 is 5.32 Å². The zero-order chi connectivity index (χ0) is 17.9. The molecule has 126 valence electrons. The van der Waals surface area contributed by atoms with Crippen LogP contribution in [0.5, 0.6) is 0 Å². The molecule has 0 aliphatic heterocycles. The van der Waals surface area contributed by atoms with E-state index in [1.807, 2.05) is 0 Å². The normalized spacial score (nSPS) is 12.0. The van der Waals surface area contributed by atoms with Crippen molar-refractivity contribution in [3.8, 4) is 5.69 Å². The molecule has 1 heterocycles. The van der Waals surface area contributed by atoms with E-state index in [2.05, 4.69) is 15.6 Å². The van der Waals surface area contributed by atoms with Gasteiger partial charge in [-0.2, -0.15) is 0 Å². The number of benzene rings is 1. The Bertz CT molecular complexity index is 785. The first kappa shape index (κ1) is 17.1. The molecule has 0 saturated carbocycles. The fraction of sp³-hybridized carbons (Fsp3) is 0.286. The topological polar surface area (TPSA) is 140 Å². The molecule has 10 nitrogen and oxygen atoms in total. The summed E-state index contributed by atoms with van der Waals surface area (Å²) in [5.74, 6) is -2.14. The number of nitrogens with zero attached hydrogens (tertiary/aromatic N) is 4. The van der Waals surface area contributed by atoms with E-state index in [1.54, 1.807) is 19.9 Å². The monoisotopic (exact) mass is 333 g/mol. The molecule has 24 heavy (non-hydrogen) atoms. The first-order chi connectivity index (χ1) is 11.3. The van der Waals surface area contributed by atoms with Gasteiger partial charge in [0, 0.05) is 12.1 Å². The molecule has 0 aliphatic carbocycles. The van der Waals surface area contributed by atoms with E-state index in [0.717, 1.165) is 0 Å². The van der Waals surface area contributed by atoms with E-state index in [0.29, 0.717) is 5.69 Å². The lowest BCUT2D eigenvalue weighted by molar-refractivity contribution is -0.384. The Morgan fingerprint density at radius 1 is 1.38 bits per heavy atom. The van der Waals surface area contributed by atoms with Gasteiger partial charge < -0.3 is 10.4 Å². The van der Waals surface area contributed by atoms with E-state index < -0.39 is 22.8 Å². The number of amides is 1. The third kappa shape index (κ3) is 3.72. The third-order valence-electron chi connectivity index (χ3n) is 3.25. The number of carboxylic acid groups (broad SMARTS) is 1. The minimum absolute atomic E-state index is 0.0894. The molecule has 1 aromatic carbocycles. The van der Waals surface area contributed by atoms with Crippen molar-refractivity contribution >= 4 is 17.6 Å². The first-order valence-corrected chi connectivity index (χ1v) is 7.00. The minimum atomic E-state index is -1.15. The largest absolute Gasteiger partial charge is 0.480 e. The molecule has 0 aliphatic rings. The number of aromatic nitrogens is 3. The number of carbonyl (C=O) groups excluding carboxylic acids is 1. The summed E-state index contributed by atoms with van der Waals surface area (Å²) in [5, 5.41) is 29.7. The summed E-state index contributed by atoms with van der Waals surface area (Å²) in [5.41, 5.74) is 0.141. The predicted octanol–water partition coefficient (Wildman–Crippen LogP) is 1.01. The number of carbonyl (C=O) groups is 2. The number of nitro groups is 1. The Balaban J connectivity index is 2.21. The maximum atomic E-state index is 12.1. The van der Waals surface area contributed by atoms with Crippen molar-refractivity contribution in [3.05, 3.63) is 46.3 Å². The van der Waals surface area contributed by atoms with Gasteiger partial charge in [-0.15, -0.1) is 5.10 Å². The number of nitrogens with one attached hydrogen (secondary N) is 1. The van der Waals surface area contributed by atoms with Gasteiger partial charge >= 0.3 is 5.97 Å². The number of aliphatic carboxylic acids is 1. The Morgan fingerprint density at radius 3 is 2.67 bits per heavy atom. The van der Waals surface area contributed by atoms with Gasteiger partial charge in [0.2, 0.25) is 0 Å². The summed E-state index contributed by atoms with van der Waals surface area (Å²) in [6.45, 7) is 3.33. The van der Waals surface area contributed by atoms with E-state index in [1.165, 1.54) is 29.1 Å². The van der Waals surface area contributed by atoms with Crippen LogP contribution in [0.25, 0.3) is 5.69 Å². The zero-order valence-corrected chi connectivity index (χ0v) is 12.9. The number of nitro benzene ring substituents is 1. The van der Waals surface area contributed by atoms with Crippen molar-refractivity contribution < 1.29 is 19.6 Å². The van der Waals surface area contributed by atoms with Crippen LogP contribution in [0.15, 0.2) is 30.5 Å². The molecule has 2 aromatic rings. The second kappa shape index (κ2) is 6.86. The van der Waals surface area contributed by atoms with Crippen molar-refractivity contribution in [3.63, 3.8) is 0 Å². The van der Waals surface area contributed by atoms with Crippen molar-refractivity contribution in [2.75, 3.05) is 0 Å². The zero-order valence-electron chi connectivity index (χ0n) is 12.9. The molecular formula is C14H15N5O5. The SMILES string of the molecule is CC(C)C(NC(=O)c1cn(-c2cccc([N+](=O)[O-])c2)nn1)C(=O)O. The van der Waals surface area contributed by atoms with Crippen LogP contribution in [0.1, 0.15) is 24.3 Å². The van der Waals surface area contributed by atoms with Gasteiger partial charge in [0.1, 0.15) is 6.04 Å². The van der Waals surface area contributed by atoms with E-state index in [-0.39, 0.29) is 17.3 Å². The van der Waals surface area contributed by atoms with Crippen LogP contribution in [-0.4, -0.2) is 42.9 Å². The van der Waals surface area contributed by atoms with Gasteiger partial charge in [-0.3, -0.25) is 14.9 Å². The Hall–Kier alpha value is -3.30. The molecule has 0 radical (unpaired) electrons. The third-order valence-corrected chi connectivity index (χ3v) is 3.25. The summed E-state index contributed by atoms with van der Waals surface area (Å²) in [6.07, 6.45) is 1.27. The van der Waals surface area contributed by atoms with E-state index >= 15 is 0 Å². The summed E-state index contributed by atoms with van der Waals surface area (Å²) in [6, 6.07) is 4.60. The summed E-state index contributed by atoms with van der Waals surface area (Å²) in [7, 11) is 0. The molecule has 0 fully saturated rings. The van der Waals surface area contributed by atoms with Crippen LogP contribution in [0.4, 0.5) is 5.69 Å². The quantitative estimate of drug-likeness (QED) is 0.593. The molecule has 0 bridgehead atoms. The summed E-state index contributed by atoms with van der Waals surface area (Å²) in [4.78, 5) is 33.4. The summed E-state index contributed by atoms with van der Waals surface area (Å²) >= 11 is 0. The average molecular weight is 333 g/mol. The van der Waals surface area contributed by atoms with Crippen LogP contribution in [0.3, 0.4) is 0 Å². The van der Waals surface area contributed by atoms with Gasteiger partial charge in [-0.25, -0.2) is 9.48 Å². The fourth-order valence-electron chi connectivity index (χ4n) is 1.97. The second-order valence-corrected chi connectivity index (χ2v) is 5.36. The van der Waals surface area contributed by atoms with E-state index in [9.17, 15) is 19.7 Å². The van der Waals surface area contributed by atoms with Gasteiger partial charge in [0.25, 0.3) is 11.6 Å². The Labute approximate surface area is 136 Å². The standard InChI is InChI=1S/C14H15N5O5/c1-8(2)12(14(21)22)15-13(20)11-7-18(17-16-11)9-4-3-5-10(6-9)19(23)24/h3-8,12H,1-2H3,(H,15,20)(H,21,22). The minimum Gasteiger partial charge on any atom is -0.480 e. The number of hydrogen-bond donors (Lipinski definition) is 2. The lowest BCUT2D eigenvalue weighted by atomic mass is 10.0. The van der Waals surface area contributed by atoms with E-state index in [4.69, 9.17) is 5.11 Å². The molecule has 1 unspecified atom stereocenters. The molecule has 10 heteroatoms. The first-order valence-electron chi connectivity index (χ1n) is 7.00. The lowest BCUT2D eigenvalue weighted by Gasteiger charge is -2.16. The number of hydrogen-bond acceptors (Lipinski definition) is 6. The van der Waals surface area contributed by atoms with Gasteiger partial charge in [-0.05, 0) is 12.0 Å². The highest BCUT2D eigenvalue weighted by atomic mass is 16.6. The molecule has 2 N–H and O–H groups in total. The van der Waals surface area contributed by atoms with Crippen LogP contribution >= 0.6 is 0 Å². The molecule has 1 aromatic heterocycles. The highest BCUT2D eigenvalue weighted by molar-refractivity contribution is 5.94. The van der Waals surface area contributed by atoms with Crippen molar-refractivity contribution in [2.45, 2.75) is 19.9 Å². The Morgan fingerprint density at radius 2 is 2.08 bits per heavy atom. The summed E-state index contributed by atoms with van der Waals surface area (Å²) < 4.78 is 1.20. The van der Waals surface area contributed by atoms with Gasteiger partial charge in [-0.1, -0.05) is 25.1 Å². The second-order valence-electron chi connectivity index (χ2n) is 5.36. The number of non-ortho nitro benzene ring substituents is 1. The smallest absolute Gasteiger partial charge is 0.326 e. The Kier molecular flexibility index (Phi) is 4.87. The molecule has 1 atom stereocenters. The van der Waals surface area contributed by atoms with Gasteiger partial charge in [0.15, 0.2) is 5.69 Å². The van der Waals surface area contributed by atoms with Crippen molar-refractivity contribution in [2.24, 2.45) is 5.92 Å². The van der Waals surface area contributed by atoms with Crippen LogP contribution in [0, 0.1) is 16.0 Å². The van der Waals surface area contributed by atoms with Crippen LogP contribution in [0.2, 0.25) is 0 Å². The predicted molar refractivity (Wildman–Crippen MR) is 81.7 cm³/mol. The fourth-order valence-corrected chi connectivity index (χ4v) is 1.97. The highest BCUT2D eigenvalue weighted by Crippen LogP contribution is 2.16. The molecule has 0 saturated heterocycles. The highest BCUT2D eigenvalue weighted by Gasteiger charge is 2.25. The maximum absolute atomic E-state index is 12.1. The average Bonchev–Trinajstić information content (AvgIpc) is 3.02. The lowest BCUT2D eigenvalue weighted by Crippen LogP contribution is -2.44. The number of rotatable bonds is 6. The molecule has 1 amide bonds. The van der Waals surface area contributed by atoms with Crippen LogP contribution in [-0.2, 0) is 4.79 Å². The van der Waals surface area contributed by atoms with Crippen molar-refractivity contribution in [1.29, 1.82) is 0 Å². The molecule has 0 spiro atoms. The maximum Gasteiger partial charge on any atom is 0.326 e. The molecule has 2 rings (SSSR count). The molecular weight excluding hydrogens is 318 g/mol. The van der Waals surface area contributed by atoms with Gasteiger partial charge in [0.05, 0.1) is 16.8 Å². The van der Waals surface area contributed by atoms with Crippen molar-refractivity contribution in [1.82, 2.24) is 20.3 Å². The number of carboxylic acids is 1.